The number of amides is 1. The first kappa shape index (κ1) is 21.0. The van der Waals surface area contributed by atoms with Gasteiger partial charge in [-0.1, -0.05) is 36.7 Å². The highest BCUT2D eigenvalue weighted by Gasteiger charge is 2.19. The lowest BCUT2D eigenvalue weighted by atomic mass is 9.94. The molecular formula is C19H26BrN5O2. The number of nitrogens with one attached hydrogen (secondary N) is 3. The zero-order chi connectivity index (χ0) is 19.9. The Morgan fingerprint density at radius 1 is 1.15 bits per heavy atom. The fourth-order valence-electron chi connectivity index (χ4n) is 2.18. The van der Waals surface area contributed by atoms with E-state index in [1.54, 1.807) is 25.4 Å². The molecule has 0 aliphatic rings. The van der Waals surface area contributed by atoms with E-state index in [4.69, 9.17) is 4.42 Å². The standard InChI is InChI=1S/C19H26BrN5O2/c1-19(2,3)15-11-24-16(27-15)12-25-18(21-4)23-10-9-22-17(26)13-5-7-14(20)8-6-13/h5-8,11H,9-10,12H2,1-4H3,(H,22,26)(H2,21,23,25). The van der Waals surface area contributed by atoms with Gasteiger partial charge in [0.15, 0.2) is 5.96 Å². The second-order valence-corrected chi connectivity index (χ2v) is 7.90. The van der Waals surface area contributed by atoms with Crippen LogP contribution in [0.4, 0.5) is 0 Å². The number of halogens is 1. The molecule has 0 unspecified atom stereocenters. The van der Waals surface area contributed by atoms with Crippen LogP contribution in [0.3, 0.4) is 0 Å². The number of aliphatic imine (C=N–C) groups is 1. The van der Waals surface area contributed by atoms with E-state index >= 15 is 0 Å². The van der Waals surface area contributed by atoms with Crippen LogP contribution in [0, 0.1) is 0 Å². The monoisotopic (exact) mass is 435 g/mol. The third kappa shape index (κ3) is 6.71. The minimum Gasteiger partial charge on any atom is -0.443 e. The molecule has 146 valence electrons. The Morgan fingerprint density at radius 2 is 1.81 bits per heavy atom. The van der Waals surface area contributed by atoms with E-state index in [1.165, 1.54) is 0 Å². The van der Waals surface area contributed by atoms with Gasteiger partial charge in [0.2, 0.25) is 5.89 Å². The number of carbonyl (C=O) groups excluding carboxylic acids is 1. The number of hydrogen-bond donors (Lipinski definition) is 3. The molecule has 1 aromatic heterocycles. The molecule has 1 heterocycles. The molecule has 0 bridgehead atoms. The Hall–Kier alpha value is -2.35. The number of nitrogens with zero attached hydrogens (tertiary/aromatic N) is 2. The van der Waals surface area contributed by atoms with Crippen molar-refractivity contribution in [3.8, 4) is 0 Å². The van der Waals surface area contributed by atoms with Crippen molar-refractivity contribution < 1.29 is 9.21 Å². The SMILES string of the molecule is CN=C(NCCNC(=O)c1ccc(Br)cc1)NCc1ncc(C(C)(C)C)o1. The van der Waals surface area contributed by atoms with Crippen molar-refractivity contribution >= 4 is 27.8 Å². The van der Waals surface area contributed by atoms with E-state index in [0.717, 1.165) is 10.2 Å². The lowest BCUT2D eigenvalue weighted by Gasteiger charge is -2.13. The van der Waals surface area contributed by atoms with Gasteiger partial charge in [0, 0.05) is 35.6 Å². The average molecular weight is 436 g/mol. The summed E-state index contributed by atoms with van der Waals surface area (Å²) in [6, 6.07) is 7.23. The Morgan fingerprint density at radius 3 is 2.41 bits per heavy atom. The van der Waals surface area contributed by atoms with Crippen LogP contribution in [0.15, 0.2) is 44.3 Å². The van der Waals surface area contributed by atoms with Crippen molar-refractivity contribution in [2.24, 2.45) is 4.99 Å². The largest absolute Gasteiger partial charge is 0.443 e. The first-order valence-electron chi connectivity index (χ1n) is 8.73. The minimum atomic E-state index is -0.109. The van der Waals surface area contributed by atoms with Gasteiger partial charge in [0.25, 0.3) is 5.91 Å². The van der Waals surface area contributed by atoms with E-state index in [1.807, 2.05) is 12.1 Å². The van der Waals surface area contributed by atoms with Gasteiger partial charge in [-0.15, -0.1) is 0 Å². The third-order valence-corrected chi connectivity index (χ3v) is 4.26. The van der Waals surface area contributed by atoms with Gasteiger partial charge in [-0.25, -0.2) is 4.98 Å². The maximum Gasteiger partial charge on any atom is 0.251 e. The molecule has 0 fully saturated rings. The number of rotatable bonds is 6. The highest BCUT2D eigenvalue weighted by atomic mass is 79.9. The normalized spacial score (nSPS) is 12.0. The molecule has 0 radical (unpaired) electrons. The van der Waals surface area contributed by atoms with Gasteiger partial charge in [0.05, 0.1) is 12.7 Å². The molecule has 0 spiro atoms. The van der Waals surface area contributed by atoms with Crippen LogP contribution in [-0.4, -0.2) is 37.0 Å². The first-order valence-corrected chi connectivity index (χ1v) is 9.52. The van der Waals surface area contributed by atoms with Crippen molar-refractivity contribution in [3.63, 3.8) is 0 Å². The fraction of sp³-hybridized carbons (Fsp3) is 0.421. The molecule has 7 nitrogen and oxygen atoms in total. The summed E-state index contributed by atoms with van der Waals surface area (Å²) >= 11 is 3.35. The molecule has 1 aromatic carbocycles. The number of oxazole rings is 1. The summed E-state index contributed by atoms with van der Waals surface area (Å²) in [5, 5.41) is 9.14. The minimum absolute atomic E-state index is 0.0712. The second kappa shape index (κ2) is 9.55. The van der Waals surface area contributed by atoms with Crippen LogP contribution in [-0.2, 0) is 12.0 Å². The smallest absolute Gasteiger partial charge is 0.251 e. The van der Waals surface area contributed by atoms with E-state index in [-0.39, 0.29) is 11.3 Å². The number of aromatic nitrogens is 1. The summed E-state index contributed by atoms with van der Waals surface area (Å²) in [6.45, 7) is 7.68. The summed E-state index contributed by atoms with van der Waals surface area (Å²) < 4.78 is 6.68. The number of hydrogen-bond acceptors (Lipinski definition) is 4. The van der Waals surface area contributed by atoms with E-state index in [0.29, 0.717) is 37.0 Å². The maximum atomic E-state index is 12.0. The Labute approximate surface area is 168 Å². The Bertz CT molecular complexity index is 778. The summed E-state index contributed by atoms with van der Waals surface area (Å²) in [5.74, 6) is 1.95. The highest BCUT2D eigenvalue weighted by Crippen LogP contribution is 2.22. The summed E-state index contributed by atoms with van der Waals surface area (Å²) in [4.78, 5) is 20.5. The van der Waals surface area contributed by atoms with E-state index in [9.17, 15) is 4.79 Å². The molecule has 1 amide bonds. The molecule has 27 heavy (non-hydrogen) atoms. The quantitative estimate of drug-likeness (QED) is 0.368. The topological polar surface area (TPSA) is 91.5 Å². The van der Waals surface area contributed by atoms with Crippen molar-refractivity contribution in [2.45, 2.75) is 32.7 Å². The van der Waals surface area contributed by atoms with Gasteiger partial charge < -0.3 is 20.4 Å². The molecule has 8 heteroatoms. The van der Waals surface area contributed by atoms with Crippen LogP contribution in [0.25, 0.3) is 0 Å². The zero-order valence-electron chi connectivity index (χ0n) is 16.1. The van der Waals surface area contributed by atoms with Gasteiger partial charge in [0.1, 0.15) is 5.76 Å². The van der Waals surface area contributed by atoms with Gasteiger partial charge in [-0.05, 0) is 24.3 Å². The zero-order valence-corrected chi connectivity index (χ0v) is 17.7. The lowest BCUT2D eigenvalue weighted by Crippen LogP contribution is -2.41. The van der Waals surface area contributed by atoms with Crippen LogP contribution >= 0.6 is 15.9 Å². The fourth-order valence-corrected chi connectivity index (χ4v) is 2.44. The van der Waals surface area contributed by atoms with Gasteiger partial charge in [-0.2, -0.15) is 0 Å². The third-order valence-electron chi connectivity index (χ3n) is 3.73. The van der Waals surface area contributed by atoms with Crippen LogP contribution in [0.2, 0.25) is 0 Å². The molecule has 0 saturated carbocycles. The number of benzene rings is 1. The predicted octanol–water partition coefficient (Wildman–Crippen LogP) is 2.83. The van der Waals surface area contributed by atoms with Crippen molar-refractivity contribution in [1.29, 1.82) is 0 Å². The van der Waals surface area contributed by atoms with Gasteiger partial charge >= 0.3 is 0 Å². The van der Waals surface area contributed by atoms with E-state index < -0.39 is 0 Å². The first-order chi connectivity index (χ1) is 12.8. The van der Waals surface area contributed by atoms with Crippen molar-refractivity contribution in [1.82, 2.24) is 20.9 Å². The summed E-state index contributed by atoms with van der Waals surface area (Å²) in [6.07, 6.45) is 1.75. The van der Waals surface area contributed by atoms with Crippen LogP contribution in [0.5, 0.6) is 0 Å². The van der Waals surface area contributed by atoms with Crippen LogP contribution < -0.4 is 16.0 Å². The van der Waals surface area contributed by atoms with E-state index in [2.05, 4.69) is 62.6 Å². The molecule has 0 aliphatic carbocycles. The number of guanidine groups is 1. The molecular weight excluding hydrogens is 410 g/mol. The Kier molecular flexibility index (Phi) is 7.41. The molecule has 0 saturated heterocycles. The number of carbonyl (C=O) groups is 1. The van der Waals surface area contributed by atoms with Crippen LogP contribution in [0.1, 0.15) is 42.8 Å². The predicted molar refractivity (Wildman–Crippen MR) is 110 cm³/mol. The summed E-state index contributed by atoms with van der Waals surface area (Å²) in [5.41, 5.74) is 0.553. The second-order valence-electron chi connectivity index (χ2n) is 6.98. The lowest BCUT2D eigenvalue weighted by molar-refractivity contribution is 0.0954. The molecule has 3 N–H and O–H groups in total. The van der Waals surface area contributed by atoms with Gasteiger partial charge in [-0.3, -0.25) is 9.79 Å². The maximum absolute atomic E-state index is 12.0. The average Bonchev–Trinajstić information content (AvgIpc) is 3.11. The highest BCUT2D eigenvalue weighted by molar-refractivity contribution is 9.10. The Balaban J connectivity index is 1.72. The van der Waals surface area contributed by atoms with Crippen molar-refractivity contribution in [3.05, 3.63) is 52.1 Å². The molecule has 2 rings (SSSR count). The van der Waals surface area contributed by atoms with Crippen molar-refractivity contribution in [2.75, 3.05) is 20.1 Å². The molecule has 2 aromatic rings. The molecule has 0 atom stereocenters. The summed E-state index contributed by atoms with van der Waals surface area (Å²) in [7, 11) is 1.69. The molecule has 0 aliphatic heterocycles.